The Morgan fingerprint density at radius 2 is 2.08 bits per heavy atom. The highest BCUT2D eigenvalue weighted by Gasteiger charge is 2.03. The number of H-pyrrole nitrogens is 1. The Morgan fingerprint density at radius 1 is 1.23 bits per heavy atom. The molecular formula is C10H11N3. The van der Waals surface area contributed by atoms with Gasteiger partial charge in [-0.25, -0.2) is 4.98 Å². The van der Waals surface area contributed by atoms with Gasteiger partial charge in [-0.2, -0.15) is 0 Å². The van der Waals surface area contributed by atoms with Crippen molar-refractivity contribution in [3.63, 3.8) is 0 Å². The molecule has 0 saturated carbocycles. The molecule has 2 aromatic rings. The van der Waals surface area contributed by atoms with Gasteiger partial charge in [-0.3, -0.25) is 4.98 Å². The van der Waals surface area contributed by atoms with Crippen LogP contribution in [0, 0.1) is 13.8 Å². The highest BCUT2D eigenvalue weighted by Crippen LogP contribution is 2.18. The molecule has 2 rings (SSSR count). The highest BCUT2D eigenvalue weighted by atomic mass is 14.9. The first kappa shape index (κ1) is 7.98. The Hall–Kier alpha value is -1.64. The van der Waals surface area contributed by atoms with Crippen molar-refractivity contribution in [3.05, 3.63) is 35.9 Å². The summed E-state index contributed by atoms with van der Waals surface area (Å²) in [4.78, 5) is 11.5. The molecule has 0 atom stereocenters. The molecule has 13 heavy (non-hydrogen) atoms. The molecule has 0 aliphatic rings. The van der Waals surface area contributed by atoms with Crippen LogP contribution >= 0.6 is 0 Å². The van der Waals surface area contributed by atoms with Crippen molar-refractivity contribution in [2.24, 2.45) is 0 Å². The predicted octanol–water partition coefficient (Wildman–Crippen LogP) is 2.09. The molecule has 66 valence electrons. The van der Waals surface area contributed by atoms with Gasteiger partial charge in [-0.15, -0.1) is 0 Å². The first-order valence-electron chi connectivity index (χ1n) is 4.20. The quantitative estimate of drug-likeness (QED) is 0.717. The first-order valence-corrected chi connectivity index (χ1v) is 4.20. The molecule has 0 unspecified atom stereocenters. The van der Waals surface area contributed by atoms with Crippen LogP contribution in [0.2, 0.25) is 0 Å². The minimum atomic E-state index is 0.914. The van der Waals surface area contributed by atoms with Crippen molar-refractivity contribution < 1.29 is 0 Å². The topological polar surface area (TPSA) is 41.6 Å². The van der Waals surface area contributed by atoms with E-state index in [1.165, 1.54) is 0 Å². The van der Waals surface area contributed by atoms with Crippen LogP contribution in [0.25, 0.3) is 11.4 Å². The number of imidazole rings is 1. The molecule has 0 aromatic carbocycles. The second kappa shape index (κ2) is 3.01. The lowest BCUT2D eigenvalue weighted by Gasteiger charge is -1.99. The average molecular weight is 173 g/mol. The molecule has 2 aromatic heterocycles. The maximum atomic E-state index is 4.26. The molecule has 0 radical (unpaired) electrons. The summed E-state index contributed by atoms with van der Waals surface area (Å²) in [6, 6.07) is 1.97. The maximum Gasteiger partial charge on any atom is 0.137 e. The van der Waals surface area contributed by atoms with Crippen molar-refractivity contribution in [2.45, 2.75) is 13.8 Å². The summed E-state index contributed by atoms with van der Waals surface area (Å²) in [5.74, 6) is 0.914. The molecule has 0 aliphatic carbocycles. The van der Waals surface area contributed by atoms with Gasteiger partial charge in [0.1, 0.15) is 5.82 Å². The van der Waals surface area contributed by atoms with Gasteiger partial charge in [0.05, 0.1) is 0 Å². The molecule has 2 heterocycles. The normalized spacial score (nSPS) is 10.3. The molecule has 3 heteroatoms. The number of nitrogens with one attached hydrogen (secondary N) is 1. The number of aromatic nitrogens is 3. The van der Waals surface area contributed by atoms with Gasteiger partial charge in [0, 0.05) is 29.8 Å². The number of pyridine rings is 1. The third-order valence-electron chi connectivity index (χ3n) is 1.98. The monoisotopic (exact) mass is 173 g/mol. The Kier molecular flexibility index (Phi) is 1.85. The number of nitrogens with zero attached hydrogens (tertiary/aromatic N) is 2. The van der Waals surface area contributed by atoms with E-state index in [-0.39, 0.29) is 0 Å². The van der Waals surface area contributed by atoms with Crippen molar-refractivity contribution >= 4 is 0 Å². The molecular weight excluding hydrogens is 162 g/mol. The Labute approximate surface area is 76.9 Å². The zero-order chi connectivity index (χ0) is 9.26. The van der Waals surface area contributed by atoms with Crippen molar-refractivity contribution in [1.29, 1.82) is 0 Å². The maximum absolute atomic E-state index is 4.26. The predicted molar refractivity (Wildman–Crippen MR) is 51.3 cm³/mol. The third-order valence-corrected chi connectivity index (χ3v) is 1.98. The zero-order valence-corrected chi connectivity index (χ0v) is 7.70. The summed E-state index contributed by atoms with van der Waals surface area (Å²) < 4.78 is 0. The van der Waals surface area contributed by atoms with E-state index in [0.717, 1.165) is 22.6 Å². The van der Waals surface area contributed by atoms with Gasteiger partial charge < -0.3 is 4.98 Å². The van der Waals surface area contributed by atoms with Gasteiger partial charge in [-0.05, 0) is 25.5 Å². The standard InChI is InChI=1S/C10H11N3/c1-7-5-11-4-3-9(7)10-12-6-8(2)13-10/h3-6H,1-2H3,(H,12,13). The van der Waals surface area contributed by atoms with E-state index in [9.17, 15) is 0 Å². The van der Waals surface area contributed by atoms with Crippen LogP contribution < -0.4 is 0 Å². The summed E-state index contributed by atoms with van der Waals surface area (Å²) in [5.41, 5.74) is 3.33. The zero-order valence-electron chi connectivity index (χ0n) is 7.70. The highest BCUT2D eigenvalue weighted by molar-refractivity contribution is 5.58. The lowest BCUT2D eigenvalue weighted by molar-refractivity contribution is 1.21. The van der Waals surface area contributed by atoms with E-state index in [4.69, 9.17) is 0 Å². The van der Waals surface area contributed by atoms with Gasteiger partial charge >= 0.3 is 0 Å². The number of hydrogen-bond donors (Lipinski definition) is 1. The number of aryl methyl sites for hydroxylation is 2. The Bertz CT molecular complexity index is 418. The van der Waals surface area contributed by atoms with E-state index in [2.05, 4.69) is 15.0 Å². The summed E-state index contributed by atoms with van der Waals surface area (Å²) in [6.45, 7) is 4.02. The molecule has 0 fully saturated rings. The van der Waals surface area contributed by atoms with Crippen molar-refractivity contribution in [2.75, 3.05) is 0 Å². The molecule has 0 spiro atoms. The third kappa shape index (κ3) is 1.45. The van der Waals surface area contributed by atoms with Crippen molar-refractivity contribution in [3.8, 4) is 11.4 Å². The fourth-order valence-electron chi connectivity index (χ4n) is 1.29. The van der Waals surface area contributed by atoms with E-state index in [1.54, 1.807) is 6.20 Å². The van der Waals surface area contributed by atoms with E-state index in [1.807, 2.05) is 32.3 Å². The molecule has 1 N–H and O–H groups in total. The van der Waals surface area contributed by atoms with Crippen LogP contribution in [0.4, 0.5) is 0 Å². The van der Waals surface area contributed by atoms with Crippen LogP contribution in [0.1, 0.15) is 11.3 Å². The van der Waals surface area contributed by atoms with Gasteiger partial charge in [0.25, 0.3) is 0 Å². The molecule has 0 amide bonds. The summed E-state index contributed by atoms with van der Waals surface area (Å²) in [7, 11) is 0. The van der Waals surface area contributed by atoms with E-state index < -0.39 is 0 Å². The van der Waals surface area contributed by atoms with Crippen LogP contribution in [0.3, 0.4) is 0 Å². The second-order valence-corrected chi connectivity index (χ2v) is 3.11. The fourth-order valence-corrected chi connectivity index (χ4v) is 1.29. The van der Waals surface area contributed by atoms with Crippen LogP contribution in [-0.2, 0) is 0 Å². The molecule has 0 saturated heterocycles. The average Bonchev–Trinajstić information content (AvgIpc) is 2.53. The fraction of sp³-hybridized carbons (Fsp3) is 0.200. The number of rotatable bonds is 1. The van der Waals surface area contributed by atoms with Gasteiger partial charge in [-0.1, -0.05) is 0 Å². The lowest BCUT2D eigenvalue weighted by Crippen LogP contribution is -1.86. The SMILES string of the molecule is Cc1cnc(-c2ccncc2C)[nH]1. The van der Waals surface area contributed by atoms with Crippen molar-refractivity contribution in [1.82, 2.24) is 15.0 Å². The Morgan fingerprint density at radius 3 is 2.69 bits per heavy atom. The van der Waals surface area contributed by atoms with Crippen LogP contribution in [0.15, 0.2) is 24.7 Å². The summed E-state index contributed by atoms with van der Waals surface area (Å²) >= 11 is 0. The largest absolute Gasteiger partial charge is 0.342 e. The summed E-state index contributed by atoms with van der Waals surface area (Å²) in [6.07, 6.45) is 5.45. The lowest BCUT2D eigenvalue weighted by atomic mass is 10.1. The Balaban J connectivity index is 2.52. The molecule has 0 bridgehead atoms. The van der Waals surface area contributed by atoms with Gasteiger partial charge in [0.2, 0.25) is 0 Å². The molecule has 0 aliphatic heterocycles. The minimum absolute atomic E-state index is 0.914. The smallest absolute Gasteiger partial charge is 0.137 e. The first-order chi connectivity index (χ1) is 6.27. The number of hydrogen-bond acceptors (Lipinski definition) is 2. The van der Waals surface area contributed by atoms with E-state index in [0.29, 0.717) is 0 Å². The van der Waals surface area contributed by atoms with Crippen LogP contribution in [0.5, 0.6) is 0 Å². The minimum Gasteiger partial charge on any atom is -0.342 e. The van der Waals surface area contributed by atoms with E-state index >= 15 is 0 Å². The molecule has 3 nitrogen and oxygen atoms in total. The summed E-state index contributed by atoms with van der Waals surface area (Å²) in [5, 5.41) is 0. The van der Waals surface area contributed by atoms with Crippen LogP contribution in [-0.4, -0.2) is 15.0 Å². The van der Waals surface area contributed by atoms with Gasteiger partial charge in [0.15, 0.2) is 0 Å². The number of aromatic amines is 1. The second-order valence-electron chi connectivity index (χ2n) is 3.11.